The van der Waals surface area contributed by atoms with E-state index in [1.165, 1.54) is 19.2 Å². The Kier molecular flexibility index (Phi) is 5.47. The number of methoxy groups -OCH3 is 1. The molecule has 1 atom stereocenters. The van der Waals surface area contributed by atoms with Crippen molar-refractivity contribution in [2.75, 3.05) is 13.7 Å². The molecule has 0 heterocycles. The number of aldehydes is 1. The second-order valence-electron chi connectivity index (χ2n) is 4.09. The zero-order valence-corrected chi connectivity index (χ0v) is 10.6. The summed E-state index contributed by atoms with van der Waals surface area (Å²) < 4.78 is 4.57. The zero-order chi connectivity index (χ0) is 14.4. The third kappa shape index (κ3) is 3.52. The largest absolute Gasteiger partial charge is 0.507 e. The van der Waals surface area contributed by atoms with Crippen molar-refractivity contribution in [3.63, 3.8) is 0 Å². The van der Waals surface area contributed by atoms with Crippen LogP contribution in [0.2, 0.25) is 0 Å². The number of esters is 1. The minimum Gasteiger partial charge on any atom is -0.507 e. The predicted octanol–water partition coefficient (Wildman–Crippen LogP) is 0.764. The highest BCUT2D eigenvalue weighted by molar-refractivity contribution is 5.93. The van der Waals surface area contributed by atoms with Gasteiger partial charge in [-0.1, -0.05) is 0 Å². The molecule has 6 heteroatoms. The van der Waals surface area contributed by atoms with Gasteiger partial charge in [-0.2, -0.15) is 0 Å². The first-order chi connectivity index (χ1) is 9.04. The first-order valence-corrected chi connectivity index (χ1v) is 5.82. The fourth-order valence-electron chi connectivity index (χ4n) is 1.75. The van der Waals surface area contributed by atoms with E-state index in [1.54, 1.807) is 0 Å². The lowest BCUT2D eigenvalue weighted by Gasteiger charge is -2.15. The third-order valence-electron chi connectivity index (χ3n) is 2.79. The van der Waals surface area contributed by atoms with E-state index in [0.29, 0.717) is 24.7 Å². The molecule has 0 saturated carbocycles. The molecule has 6 nitrogen and oxygen atoms in total. The summed E-state index contributed by atoms with van der Waals surface area (Å²) in [6.45, 7) is -0.0221. The van der Waals surface area contributed by atoms with Gasteiger partial charge in [-0.05, 0) is 25.0 Å². The van der Waals surface area contributed by atoms with Crippen LogP contribution in [0.25, 0.3) is 0 Å². The van der Waals surface area contributed by atoms with E-state index in [2.05, 4.69) is 4.74 Å². The van der Waals surface area contributed by atoms with Gasteiger partial charge in [-0.15, -0.1) is 0 Å². The summed E-state index contributed by atoms with van der Waals surface area (Å²) in [7, 11) is 1.22. The first-order valence-electron chi connectivity index (χ1n) is 5.82. The summed E-state index contributed by atoms with van der Waals surface area (Å²) in [4.78, 5) is 22.4. The van der Waals surface area contributed by atoms with E-state index in [-0.39, 0.29) is 23.5 Å². The lowest BCUT2D eigenvalue weighted by atomic mass is 9.96. The first kappa shape index (κ1) is 15.1. The molecule has 0 aliphatic heterocycles. The van der Waals surface area contributed by atoms with E-state index in [9.17, 15) is 14.7 Å². The van der Waals surface area contributed by atoms with Crippen LogP contribution < -0.4 is 5.73 Å². The van der Waals surface area contributed by atoms with Gasteiger partial charge < -0.3 is 20.7 Å². The third-order valence-corrected chi connectivity index (χ3v) is 2.79. The number of aromatic hydroxyl groups is 1. The molecule has 0 saturated heterocycles. The van der Waals surface area contributed by atoms with Crippen molar-refractivity contribution in [3.8, 4) is 5.75 Å². The maximum absolute atomic E-state index is 11.5. The lowest BCUT2D eigenvalue weighted by Crippen LogP contribution is -2.13. The molecule has 0 aliphatic rings. The van der Waals surface area contributed by atoms with Crippen molar-refractivity contribution in [1.29, 1.82) is 0 Å². The van der Waals surface area contributed by atoms with Gasteiger partial charge in [0.05, 0.1) is 18.2 Å². The molecule has 4 N–H and O–H groups in total. The van der Waals surface area contributed by atoms with Crippen molar-refractivity contribution in [1.82, 2.24) is 0 Å². The van der Waals surface area contributed by atoms with Crippen LogP contribution in [0.3, 0.4) is 0 Å². The fourth-order valence-corrected chi connectivity index (χ4v) is 1.75. The Morgan fingerprint density at radius 1 is 1.53 bits per heavy atom. The molecule has 0 fully saturated rings. The molecule has 1 aromatic carbocycles. The second kappa shape index (κ2) is 6.86. The molecule has 0 bridgehead atoms. The molecule has 0 aromatic heterocycles. The van der Waals surface area contributed by atoms with Crippen LogP contribution in [0.1, 0.15) is 45.2 Å². The number of carbonyl (C=O) groups excluding carboxylic acids is 2. The normalized spacial score (nSPS) is 11.9. The number of phenolic OH excluding ortho intramolecular Hbond substituents is 1. The van der Waals surface area contributed by atoms with E-state index >= 15 is 0 Å². The Bertz CT molecular complexity index is 472. The highest BCUT2D eigenvalue weighted by Crippen LogP contribution is 2.30. The van der Waals surface area contributed by atoms with E-state index < -0.39 is 12.0 Å². The minimum atomic E-state index is -0.612. The van der Waals surface area contributed by atoms with Crippen molar-refractivity contribution in [2.24, 2.45) is 5.73 Å². The maximum atomic E-state index is 11.5. The SMILES string of the molecule is COC(=O)c1cc(C=O)c(O)c([C@H](N)CCCO)c1. The molecule has 0 spiro atoms. The van der Waals surface area contributed by atoms with E-state index in [4.69, 9.17) is 10.8 Å². The van der Waals surface area contributed by atoms with Crippen LogP contribution in [0.5, 0.6) is 5.75 Å². The van der Waals surface area contributed by atoms with Gasteiger partial charge in [-0.25, -0.2) is 4.79 Å². The summed E-state index contributed by atoms with van der Waals surface area (Å²) >= 11 is 0. The Hall–Kier alpha value is -1.92. The van der Waals surface area contributed by atoms with Crippen molar-refractivity contribution >= 4 is 12.3 Å². The molecule has 19 heavy (non-hydrogen) atoms. The van der Waals surface area contributed by atoms with Crippen LogP contribution in [0.15, 0.2) is 12.1 Å². The number of nitrogens with two attached hydrogens (primary N) is 1. The number of phenols is 1. The Morgan fingerprint density at radius 2 is 2.21 bits per heavy atom. The second-order valence-corrected chi connectivity index (χ2v) is 4.09. The molecule has 0 aliphatic carbocycles. The van der Waals surface area contributed by atoms with Crippen LogP contribution >= 0.6 is 0 Å². The summed E-state index contributed by atoms with van der Waals surface area (Å²) in [5.74, 6) is -0.855. The van der Waals surface area contributed by atoms with Crippen LogP contribution in [-0.4, -0.2) is 36.2 Å². The summed E-state index contributed by atoms with van der Waals surface area (Å²) in [5.41, 5.74) is 6.30. The van der Waals surface area contributed by atoms with Gasteiger partial charge in [0.2, 0.25) is 0 Å². The number of hydrogen-bond acceptors (Lipinski definition) is 6. The van der Waals surface area contributed by atoms with E-state index in [1.807, 2.05) is 0 Å². The molecule has 1 aromatic rings. The van der Waals surface area contributed by atoms with Crippen LogP contribution in [-0.2, 0) is 4.74 Å². The molecule has 104 valence electrons. The van der Waals surface area contributed by atoms with Gasteiger partial charge in [0, 0.05) is 18.2 Å². The number of aliphatic hydroxyl groups is 1. The molecule has 0 amide bonds. The number of ether oxygens (including phenoxy) is 1. The zero-order valence-electron chi connectivity index (χ0n) is 10.6. The predicted molar refractivity (Wildman–Crippen MR) is 68.1 cm³/mol. The van der Waals surface area contributed by atoms with Crippen molar-refractivity contribution < 1.29 is 24.5 Å². The van der Waals surface area contributed by atoms with Gasteiger partial charge >= 0.3 is 5.97 Å². The van der Waals surface area contributed by atoms with Gasteiger partial charge in [0.15, 0.2) is 6.29 Å². The van der Waals surface area contributed by atoms with Gasteiger partial charge in [0.25, 0.3) is 0 Å². The van der Waals surface area contributed by atoms with Gasteiger partial charge in [-0.3, -0.25) is 4.79 Å². The average molecular weight is 267 g/mol. The number of rotatable bonds is 6. The average Bonchev–Trinajstić information content (AvgIpc) is 2.44. The summed E-state index contributed by atoms with van der Waals surface area (Å²) in [5, 5.41) is 18.7. The standard InChI is InChI=1S/C13H17NO5/c1-19-13(18)8-5-9(7-16)12(17)10(6-8)11(14)3-2-4-15/h5-7,11,15,17H,2-4,14H2,1H3/t11-/m1/s1. The minimum absolute atomic E-state index is 0.0163. The molecular weight excluding hydrogens is 250 g/mol. The number of aliphatic hydroxyl groups excluding tert-OH is 1. The maximum Gasteiger partial charge on any atom is 0.337 e. The smallest absolute Gasteiger partial charge is 0.337 e. The Morgan fingerprint density at radius 3 is 2.74 bits per heavy atom. The summed E-state index contributed by atoms with van der Waals surface area (Å²) in [6, 6.07) is 2.07. The quantitative estimate of drug-likeness (QED) is 0.518. The Balaban J connectivity index is 3.21. The van der Waals surface area contributed by atoms with Crippen molar-refractivity contribution in [3.05, 3.63) is 28.8 Å². The lowest BCUT2D eigenvalue weighted by molar-refractivity contribution is 0.0600. The highest BCUT2D eigenvalue weighted by Gasteiger charge is 2.18. The van der Waals surface area contributed by atoms with Crippen LogP contribution in [0.4, 0.5) is 0 Å². The number of benzene rings is 1. The number of carbonyl (C=O) groups is 2. The van der Waals surface area contributed by atoms with E-state index in [0.717, 1.165) is 0 Å². The monoisotopic (exact) mass is 267 g/mol. The van der Waals surface area contributed by atoms with Crippen molar-refractivity contribution in [2.45, 2.75) is 18.9 Å². The topological polar surface area (TPSA) is 110 Å². The van der Waals surface area contributed by atoms with Crippen LogP contribution in [0, 0.1) is 0 Å². The molecule has 1 rings (SSSR count). The molecule has 0 unspecified atom stereocenters. The molecular formula is C13H17NO5. The number of hydrogen-bond donors (Lipinski definition) is 3. The summed E-state index contributed by atoms with van der Waals surface area (Å²) in [6.07, 6.45) is 1.33. The van der Waals surface area contributed by atoms with Gasteiger partial charge in [0.1, 0.15) is 5.75 Å². The Labute approximate surface area is 110 Å². The highest BCUT2D eigenvalue weighted by atomic mass is 16.5. The fraction of sp³-hybridized carbons (Fsp3) is 0.385. The molecule has 0 radical (unpaired) electrons.